The molecule has 3 atom stereocenters. The molecule has 2 amide bonds. The minimum absolute atomic E-state index is 0.0412. The number of piperidine rings is 1. The molecule has 38 heavy (non-hydrogen) atoms. The third-order valence-electron chi connectivity index (χ3n) is 7.60. The molecule has 1 unspecified atom stereocenters. The number of likely N-dealkylation sites (N-methyl/N-ethyl adjacent to an activating group) is 1. The van der Waals surface area contributed by atoms with E-state index in [1.54, 1.807) is 7.11 Å². The minimum atomic E-state index is -1.09. The molecule has 0 aromatic heterocycles. The smallest absolute Gasteiger partial charge is 0.317 e. The van der Waals surface area contributed by atoms with Crippen molar-refractivity contribution < 1.29 is 14.6 Å². The molecule has 1 heterocycles. The molecule has 3 rings (SSSR count). The highest BCUT2D eigenvalue weighted by Gasteiger charge is 2.42. The molecule has 6 nitrogen and oxygen atoms in total. The number of carbonyl (C=O) groups excluding carboxylic acids is 1. The largest absolute Gasteiger partial charge is 0.385 e. The number of ether oxygens (including phenoxy) is 1. The molecule has 0 saturated carbocycles. The van der Waals surface area contributed by atoms with Gasteiger partial charge in [0, 0.05) is 50.3 Å². The molecule has 1 aliphatic rings. The van der Waals surface area contributed by atoms with E-state index in [2.05, 4.69) is 30.5 Å². The first-order chi connectivity index (χ1) is 18.3. The van der Waals surface area contributed by atoms with Crippen LogP contribution in [0.3, 0.4) is 0 Å². The number of benzene rings is 2. The molecule has 0 radical (unpaired) electrons. The van der Waals surface area contributed by atoms with Crippen LogP contribution in [0.5, 0.6) is 0 Å². The molecule has 1 fully saturated rings. The molecular weight excluding hydrogens is 498 g/mol. The Morgan fingerprint density at radius 3 is 2.71 bits per heavy atom. The third-order valence-corrected chi connectivity index (χ3v) is 7.84. The van der Waals surface area contributed by atoms with Gasteiger partial charge in [-0.15, -0.1) is 0 Å². The van der Waals surface area contributed by atoms with Crippen LogP contribution in [0.15, 0.2) is 48.5 Å². The normalized spacial score (nSPS) is 18.3. The lowest BCUT2D eigenvalue weighted by Crippen LogP contribution is -2.54. The first-order valence-electron chi connectivity index (χ1n) is 14.0. The Hall–Kier alpha value is -2.12. The molecule has 210 valence electrons. The number of amides is 2. The fourth-order valence-corrected chi connectivity index (χ4v) is 5.98. The maximum absolute atomic E-state index is 13.4. The molecule has 0 bridgehead atoms. The first kappa shape index (κ1) is 30.4. The second-order valence-electron chi connectivity index (χ2n) is 11.0. The Kier molecular flexibility index (Phi) is 11.9. The summed E-state index contributed by atoms with van der Waals surface area (Å²) in [4.78, 5) is 15.3. The minimum Gasteiger partial charge on any atom is -0.385 e. The van der Waals surface area contributed by atoms with Gasteiger partial charge in [-0.25, -0.2) is 4.79 Å². The fourth-order valence-electron chi connectivity index (χ4n) is 5.79. The van der Waals surface area contributed by atoms with Gasteiger partial charge in [0.25, 0.3) is 0 Å². The average molecular weight is 544 g/mol. The highest BCUT2D eigenvalue weighted by molar-refractivity contribution is 6.30. The first-order valence-corrected chi connectivity index (χ1v) is 14.4. The quantitative estimate of drug-likeness (QED) is 0.268. The Morgan fingerprint density at radius 2 is 2.00 bits per heavy atom. The monoisotopic (exact) mass is 543 g/mol. The van der Waals surface area contributed by atoms with Crippen LogP contribution in [0, 0.1) is 11.8 Å². The summed E-state index contributed by atoms with van der Waals surface area (Å²) in [6, 6.07) is 15.9. The van der Waals surface area contributed by atoms with Gasteiger partial charge >= 0.3 is 6.03 Å². The summed E-state index contributed by atoms with van der Waals surface area (Å²) in [6.45, 7) is 6.96. The zero-order chi connectivity index (χ0) is 27.5. The van der Waals surface area contributed by atoms with Crippen molar-refractivity contribution in [2.75, 3.05) is 40.4 Å². The predicted octanol–water partition coefficient (Wildman–Crippen LogP) is 6.07. The number of carbonyl (C=O) groups is 1. The van der Waals surface area contributed by atoms with E-state index in [0.717, 1.165) is 55.3 Å². The van der Waals surface area contributed by atoms with E-state index in [1.165, 1.54) is 0 Å². The fraction of sp³-hybridized carbons (Fsp3) is 0.581. The number of aliphatic hydroxyl groups is 1. The molecule has 1 saturated heterocycles. The van der Waals surface area contributed by atoms with E-state index >= 15 is 0 Å². The molecule has 2 aromatic rings. The van der Waals surface area contributed by atoms with E-state index in [9.17, 15) is 9.90 Å². The number of likely N-dealkylation sites (tertiary alicyclic amines) is 1. The number of nitrogens with one attached hydrogen (secondary N) is 2. The lowest BCUT2D eigenvalue weighted by molar-refractivity contribution is -0.0559. The summed E-state index contributed by atoms with van der Waals surface area (Å²) in [5.74, 6) is 0.403. The van der Waals surface area contributed by atoms with Crippen LogP contribution in [0.1, 0.15) is 57.9 Å². The highest BCUT2D eigenvalue weighted by atomic mass is 35.5. The van der Waals surface area contributed by atoms with Gasteiger partial charge < -0.3 is 25.4 Å². The van der Waals surface area contributed by atoms with Gasteiger partial charge in [0.1, 0.15) is 0 Å². The van der Waals surface area contributed by atoms with Crippen molar-refractivity contribution in [3.05, 3.63) is 59.1 Å². The number of hydrogen-bond donors (Lipinski definition) is 3. The lowest BCUT2D eigenvalue weighted by Gasteiger charge is -2.44. The van der Waals surface area contributed by atoms with Crippen LogP contribution in [0.25, 0.3) is 11.1 Å². The van der Waals surface area contributed by atoms with Crippen molar-refractivity contribution >= 4 is 17.6 Å². The van der Waals surface area contributed by atoms with Gasteiger partial charge in [0.05, 0.1) is 5.60 Å². The summed E-state index contributed by atoms with van der Waals surface area (Å²) in [7, 11) is 3.62. The van der Waals surface area contributed by atoms with Crippen molar-refractivity contribution in [1.82, 2.24) is 15.5 Å². The van der Waals surface area contributed by atoms with Crippen LogP contribution >= 0.6 is 11.6 Å². The van der Waals surface area contributed by atoms with E-state index in [1.807, 2.05) is 54.4 Å². The number of halogens is 1. The van der Waals surface area contributed by atoms with Crippen LogP contribution in [0.4, 0.5) is 4.79 Å². The number of nitrogens with zero attached hydrogens (tertiary/aromatic N) is 1. The van der Waals surface area contributed by atoms with Gasteiger partial charge in [0.2, 0.25) is 0 Å². The number of rotatable bonds is 13. The van der Waals surface area contributed by atoms with Crippen LogP contribution in [-0.4, -0.2) is 62.5 Å². The second-order valence-corrected chi connectivity index (χ2v) is 11.5. The second kappa shape index (κ2) is 14.9. The zero-order valence-corrected chi connectivity index (χ0v) is 24.3. The van der Waals surface area contributed by atoms with Crippen molar-refractivity contribution in [1.29, 1.82) is 0 Å². The van der Waals surface area contributed by atoms with Crippen molar-refractivity contribution in [2.24, 2.45) is 11.8 Å². The summed E-state index contributed by atoms with van der Waals surface area (Å²) in [5.41, 5.74) is 1.78. The Morgan fingerprint density at radius 1 is 1.21 bits per heavy atom. The SMILES string of the molecule is CNCC(CC(C)C)NC(=O)N1CCC[C@@H]([C@@](O)(CCCCOC)c2ccccc2-c2cccc(Cl)c2)C1. The van der Waals surface area contributed by atoms with Crippen molar-refractivity contribution in [3.8, 4) is 11.1 Å². The lowest BCUT2D eigenvalue weighted by atomic mass is 9.72. The van der Waals surface area contributed by atoms with Crippen molar-refractivity contribution in [3.63, 3.8) is 0 Å². The van der Waals surface area contributed by atoms with E-state index in [0.29, 0.717) is 37.1 Å². The molecule has 1 aliphatic heterocycles. The van der Waals surface area contributed by atoms with Crippen LogP contribution in [-0.2, 0) is 10.3 Å². The number of hydrogen-bond acceptors (Lipinski definition) is 4. The summed E-state index contributed by atoms with van der Waals surface area (Å²) in [5, 5.41) is 19.7. The number of urea groups is 1. The molecule has 0 spiro atoms. The average Bonchev–Trinajstić information content (AvgIpc) is 2.91. The third kappa shape index (κ3) is 8.19. The Balaban J connectivity index is 1.90. The molecule has 0 aliphatic carbocycles. The summed E-state index contributed by atoms with van der Waals surface area (Å²) >= 11 is 6.35. The van der Waals surface area contributed by atoms with Gasteiger partial charge in [-0.3, -0.25) is 0 Å². The van der Waals surface area contributed by atoms with Gasteiger partial charge in [-0.2, -0.15) is 0 Å². The van der Waals surface area contributed by atoms with E-state index < -0.39 is 5.60 Å². The van der Waals surface area contributed by atoms with Crippen LogP contribution < -0.4 is 10.6 Å². The van der Waals surface area contributed by atoms with E-state index in [-0.39, 0.29) is 18.0 Å². The maximum atomic E-state index is 13.4. The Bertz CT molecular complexity index is 1020. The summed E-state index contributed by atoms with van der Waals surface area (Å²) in [6.07, 6.45) is 4.94. The van der Waals surface area contributed by atoms with Gasteiger partial charge in [0.15, 0.2) is 0 Å². The number of unbranched alkanes of at least 4 members (excludes halogenated alkanes) is 1. The Labute approximate surface area is 234 Å². The topological polar surface area (TPSA) is 73.8 Å². The van der Waals surface area contributed by atoms with E-state index in [4.69, 9.17) is 16.3 Å². The zero-order valence-electron chi connectivity index (χ0n) is 23.5. The van der Waals surface area contributed by atoms with Gasteiger partial charge in [-0.1, -0.05) is 61.8 Å². The maximum Gasteiger partial charge on any atom is 0.317 e. The molecule has 7 heteroatoms. The number of methoxy groups -OCH3 is 1. The van der Waals surface area contributed by atoms with Crippen LogP contribution in [0.2, 0.25) is 5.02 Å². The highest BCUT2D eigenvalue weighted by Crippen LogP contribution is 2.44. The molecule has 3 N–H and O–H groups in total. The molecular formula is C31H46ClN3O3. The standard InChI is InChI=1S/C31H46ClN3O3/c1-23(2)19-27(21-33-3)34-30(36)35-17-10-12-25(22-35)31(37,16-7-8-18-38-4)29-15-6-5-14-28(29)24-11-9-13-26(32)20-24/h5-6,9,11,13-15,20,23,25,27,33,37H,7-8,10,12,16-19,21-22H2,1-4H3,(H,34,36)/t25-,27?,31+/m1/s1. The summed E-state index contributed by atoms with van der Waals surface area (Å²) < 4.78 is 5.28. The molecule has 2 aromatic carbocycles. The van der Waals surface area contributed by atoms with Gasteiger partial charge in [-0.05, 0) is 80.3 Å². The van der Waals surface area contributed by atoms with Crippen molar-refractivity contribution in [2.45, 2.75) is 64.0 Å². The predicted molar refractivity (Wildman–Crippen MR) is 157 cm³/mol.